The molecule has 0 saturated heterocycles. The molecule has 3 heterocycles. The zero-order chi connectivity index (χ0) is 25.3. The van der Waals surface area contributed by atoms with Crippen LogP contribution in [0.15, 0.2) is 28.8 Å². The Hall–Kier alpha value is -2.81. The van der Waals surface area contributed by atoms with Gasteiger partial charge in [0, 0.05) is 43.8 Å². The van der Waals surface area contributed by atoms with Gasteiger partial charge in [0.2, 0.25) is 5.88 Å². The molecule has 196 valence electrons. The standard InChI is InChI=1S/C27H35F2N3O4/c1-34-27-17-23(36-31-27)8-7-22(33)16-20-4-2-19(3-5-20)10-13-32-14-11-21-6-9-26(35-18-25(28)29)30-24(21)12-15-32/h6-9,17,19-20,25H,2-5,10-16,18H2,1H3/b8-7+. The summed E-state index contributed by atoms with van der Waals surface area (Å²) in [6.07, 6.45) is 8.73. The number of alkyl halides is 2. The third-order valence-corrected chi connectivity index (χ3v) is 7.22. The van der Waals surface area contributed by atoms with E-state index < -0.39 is 13.0 Å². The number of halogens is 2. The number of pyridine rings is 1. The van der Waals surface area contributed by atoms with Crippen molar-refractivity contribution in [1.29, 1.82) is 0 Å². The molecular weight excluding hydrogens is 468 g/mol. The Kier molecular flexibility index (Phi) is 9.44. The van der Waals surface area contributed by atoms with E-state index in [1.54, 1.807) is 24.3 Å². The van der Waals surface area contributed by atoms with Gasteiger partial charge in [0.1, 0.15) is 0 Å². The first-order chi connectivity index (χ1) is 17.5. The molecule has 4 rings (SSSR count). The van der Waals surface area contributed by atoms with Gasteiger partial charge in [-0.2, -0.15) is 0 Å². The SMILES string of the molecule is COc1cc(/C=C/C(=O)CC2CCC(CCN3CCc4ccc(OCC(F)F)nc4CC3)CC2)on1. The van der Waals surface area contributed by atoms with Gasteiger partial charge in [0.25, 0.3) is 12.3 Å². The van der Waals surface area contributed by atoms with Crippen molar-refractivity contribution in [3.8, 4) is 11.8 Å². The molecule has 1 fully saturated rings. The van der Waals surface area contributed by atoms with Crippen molar-refractivity contribution in [2.24, 2.45) is 11.8 Å². The third kappa shape index (κ3) is 7.85. The number of ketones is 1. The summed E-state index contributed by atoms with van der Waals surface area (Å²) in [6, 6.07) is 5.31. The van der Waals surface area contributed by atoms with Crippen molar-refractivity contribution in [3.63, 3.8) is 0 Å². The number of aromatic nitrogens is 2. The summed E-state index contributed by atoms with van der Waals surface area (Å²) in [7, 11) is 1.52. The fraction of sp³-hybridized carbons (Fsp3) is 0.593. The molecule has 2 aliphatic rings. The lowest BCUT2D eigenvalue weighted by atomic mass is 9.78. The summed E-state index contributed by atoms with van der Waals surface area (Å²) in [6.45, 7) is 2.34. The maximum absolute atomic E-state index is 12.4. The second kappa shape index (κ2) is 12.9. The molecule has 0 amide bonds. The zero-order valence-corrected chi connectivity index (χ0v) is 20.8. The first-order valence-electron chi connectivity index (χ1n) is 12.8. The Morgan fingerprint density at radius 2 is 1.94 bits per heavy atom. The summed E-state index contributed by atoms with van der Waals surface area (Å²) in [5.41, 5.74) is 2.15. The Bertz CT molecular complexity index is 1020. The molecule has 1 aliphatic heterocycles. The molecular formula is C27H35F2N3O4. The van der Waals surface area contributed by atoms with Crippen LogP contribution in [0.1, 0.15) is 55.5 Å². The second-order valence-electron chi connectivity index (χ2n) is 9.75. The number of nitrogens with zero attached hydrogens (tertiary/aromatic N) is 3. The second-order valence-corrected chi connectivity index (χ2v) is 9.75. The van der Waals surface area contributed by atoms with Crippen LogP contribution in [0.2, 0.25) is 0 Å². The van der Waals surface area contributed by atoms with E-state index in [1.165, 1.54) is 31.9 Å². The van der Waals surface area contributed by atoms with Crippen molar-refractivity contribution >= 4 is 11.9 Å². The minimum Gasteiger partial charge on any atom is -0.479 e. The molecule has 0 unspecified atom stereocenters. The molecule has 2 aromatic heterocycles. The topological polar surface area (TPSA) is 77.7 Å². The number of hydrogen-bond donors (Lipinski definition) is 0. The van der Waals surface area contributed by atoms with E-state index in [1.807, 2.05) is 6.07 Å². The van der Waals surface area contributed by atoms with E-state index in [9.17, 15) is 13.6 Å². The van der Waals surface area contributed by atoms with Gasteiger partial charge in [-0.15, -0.1) is 0 Å². The largest absolute Gasteiger partial charge is 0.479 e. The van der Waals surface area contributed by atoms with Gasteiger partial charge in [-0.3, -0.25) is 4.79 Å². The fourth-order valence-corrected chi connectivity index (χ4v) is 5.12. The Balaban J connectivity index is 1.15. The van der Waals surface area contributed by atoms with E-state index >= 15 is 0 Å². The highest BCUT2D eigenvalue weighted by atomic mass is 19.3. The summed E-state index contributed by atoms with van der Waals surface area (Å²) >= 11 is 0. The van der Waals surface area contributed by atoms with Crippen molar-refractivity contribution in [1.82, 2.24) is 15.0 Å². The van der Waals surface area contributed by atoms with Gasteiger partial charge in [-0.25, -0.2) is 13.8 Å². The molecule has 0 aromatic carbocycles. The normalized spacial score (nSPS) is 20.9. The Labute approximate surface area is 210 Å². The van der Waals surface area contributed by atoms with E-state index in [-0.39, 0.29) is 11.7 Å². The predicted octanol–water partition coefficient (Wildman–Crippen LogP) is 4.99. The minimum atomic E-state index is -2.50. The number of allylic oxidation sites excluding steroid dienone is 1. The van der Waals surface area contributed by atoms with Crippen molar-refractivity contribution in [2.45, 2.75) is 57.8 Å². The van der Waals surface area contributed by atoms with Gasteiger partial charge in [0.05, 0.1) is 7.11 Å². The molecule has 2 aromatic rings. The number of fused-ring (bicyclic) bond motifs is 1. The van der Waals surface area contributed by atoms with Gasteiger partial charge in [0.15, 0.2) is 18.2 Å². The minimum absolute atomic E-state index is 0.120. The first-order valence-corrected chi connectivity index (χ1v) is 12.8. The summed E-state index contributed by atoms with van der Waals surface area (Å²) in [5.74, 6) is 2.46. The van der Waals surface area contributed by atoms with Crippen LogP contribution in [0.5, 0.6) is 11.8 Å². The van der Waals surface area contributed by atoms with E-state index in [4.69, 9.17) is 14.0 Å². The molecule has 0 radical (unpaired) electrons. The highest BCUT2D eigenvalue weighted by molar-refractivity contribution is 5.93. The first kappa shape index (κ1) is 26.3. The molecule has 0 N–H and O–H groups in total. The molecule has 0 bridgehead atoms. The highest BCUT2D eigenvalue weighted by Crippen LogP contribution is 2.33. The summed E-state index contributed by atoms with van der Waals surface area (Å²) in [5, 5.41) is 3.72. The number of hydrogen-bond acceptors (Lipinski definition) is 7. The smallest absolute Gasteiger partial charge is 0.272 e. The van der Waals surface area contributed by atoms with Gasteiger partial charge in [-0.1, -0.05) is 18.9 Å². The van der Waals surface area contributed by atoms with Crippen LogP contribution in [0.3, 0.4) is 0 Å². The molecule has 36 heavy (non-hydrogen) atoms. The molecule has 0 atom stereocenters. The number of carbonyl (C=O) groups excluding carboxylic acids is 1. The molecule has 1 aliphatic carbocycles. The Morgan fingerprint density at radius 3 is 2.69 bits per heavy atom. The van der Waals surface area contributed by atoms with Crippen molar-refractivity contribution in [3.05, 3.63) is 41.3 Å². The number of methoxy groups -OCH3 is 1. The lowest BCUT2D eigenvalue weighted by molar-refractivity contribution is -0.115. The van der Waals surface area contributed by atoms with E-state index in [0.717, 1.165) is 51.0 Å². The van der Waals surface area contributed by atoms with Crippen LogP contribution in [-0.2, 0) is 17.6 Å². The number of rotatable bonds is 11. The number of carbonyl (C=O) groups is 1. The quantitative estimate of drug-likeness (QED) is 0.400. The monoisotopic (exact) mass is 503 g/mol. The predicted molar refractivity (Wildman–Crippen MR) is 131 cm³/mol. The van der Waals surface area contributed by atoms with Gasteiger partial charge >= 0.3 is 0 Å². The van der Waals surface area contributed by atoms with Crippen molar-refractivity contribution < 1.29 is 27.6 Å². The average molecular weight is 504 g/mol. The van der Waals surface area contributed by atoms with Crippen LogP contribution >= 0.6 is 0 Å². The number of ether oxygens (including phenoxy) is 2. The summed E-state index contributed by atoms with van der Waals surface area (Å²) < 4.78 is 40.0. The van der Waals surface area contributed by atoms with Crippen LogP contribution in [0.4, 0.5) is 8.78 Å². The highest BCUT2D eigenvalue weighted by Gasteiger charge is 2.24. The Morgan fingerprint density at radius 1 is 1.17 bits per heavy atom. The summed E-state index contributed by atoms with van der Waals surface area (Å²) in [4.78, 5) is 19.3. The fourth-order valence-electron chi connectivity index (χ4n) is 5.12. The van der Waals surface area contributed by atoms with Gasteiger partial charge in [-0.05, 0) is 66.9 Å². The average Bonchev–Trinajstić information content (AvgIpc) is 3.25. The van der Waals surface area contributed by atoms with Crippen LogP contribution in [0, 0.1) is 11.8 Å². The maximum atomic E-state index is 12.4. The maximum Gasteiger partial charge on any atom is 0.272 e. The molecule has 0 spiro atoms. The van der Waals surface area contributed by atoms with Crippen LogP contribution in [-0.4, -0.2) is 60.6 Å². The molecule has 7 nitrogen and oxygen atoms in total. The lowest BCUT2D eigenvalue weighted by Gasteiger charge is -2.30. The zero-order valence-electron chi connectivity index (χ0n) is 20.8. The van der Waals surface area contributed by atoms with Crippen LogP contribution < -0.4 is 9.47 Å². The molecule has 1 saturated carbocycles. The van der Waals surface area contributed by atoms with E-state index in [2.05, 4.69) is 15.0 Å². The van der Waals surface area contributed by atoms with E-state index in [0.29, 0.717) is 29.9 Å². The molecule has 9 heteroatoms. The van der Waals surface area contributed by atoms with Crippen LogP contribution in [0.25, 0.3) is 6.08 Å². The van der Waals surface area contributed by atoms with Gasteiger partial charge < -0.3 is 18.9 Å². The van der Waals surface area contributed by atoms with Crippen molar-refractivity contribution in [2.75, 3.05) is 33.4 Å². The third-order valence-electron chi connectivity index (χ3n) is 7.22. The lowest BCUT2D eigenvalue weighted by Crippen LogP contribution is -2.29.